The fraction of sp³-hybridized carbons (Fsp3) is 0.0769. The highest BCUT2D eigenvalue weighted by Gasteiger charge is 2.23. The fourth-order valence-electron chi connectivity index (χ4n) is 4.70. The van der Waals surface area contributed by atoms with E-state index in [0.717, 1.165) is 6.54 Å². The van der Waals surface area contributed by atoms with Crippen molar-refractivity contribution in [2.45, 2.75) is 13.5 Å². The molecule has 134 valence electrons. The van der Waals surface area contributed by atoms with Gasteiger partial charge in [-0.15, -0.1) is 0 Å². The van der Waals surface area contributed by atoms with Crippen LogP contribution >= 0.6 is 0 Å². The number of hydrogen-bond donors (Lipinski definition) is 1. The Morgan fingerprint density at radius 1 is 0.643 bits per heavy atom. The molecule has 1 aromatic heterocycles. The summed E-state index contributed by atoms with van der Waals surface area (Å²) in [6.45, 7) is 3.20. The molecular formula is C26H21N2+. The second-order valence-electron chi connectivity index (χ2n) is 7.53. The first-order valence-corrected chi connectivity index (χ1v) is 9.93. The minimum absolute atomic E-state index is 0.981. The Morgan fingerprint density at radius 3 is 2.29 bits per heavy atom. The summed E-state index contributed by atoms with van der Waals surface area (Å²) in [7, 11) is 0. The summed E-state index contributed by atoms with van der Waals surface area (Å²) >= 11 is 0. The maximum Gasteiger partial charge on any atom is 0.142 e. The van der Waals surface area contributed by atoms with Gasteiger partial charge in [-0.3, -0.25) is 5.32 Å². The van der Waals surface area contributed by atoms with E-state index in [1.807, 2.05) is 0 Å². The van der Waals surface area contributed by atoms with Crippen LogP contribution in [0.15, 0.2) is 84.9 Å². The Balaban J connectivity index is 1.56. The molecule has 4 aromatic carbocycles. The van der Waals surface area contributed by atoms with Gasteiger partial charge >= 0.3 is 0 Å². The summed E-state index contributed by atoms with van der Waals surface area (Å²) in [4.78, 5) is 0. The van der Waals surface area contributed by atoms with Crippen molar-refractivity contribution < 1.29 is 5.32 Å². The van der Waals surface area contributed by atoms with E-state index in [4.69, 9.17) is 0 Å². The van der Waals surface area contributed by atoms with Crippen LogP contribution < -0.4 is 5.32 Å². The maximum atomic E-state index is 2.41. The van der Waals surface area contributed by atoms with Crippen LogP contribution in [-0.4, -0.2) is 4.57 Å². The lowest BCUT2D eigenvalue weighted by Gasteiger charge is -2.06. The predicted molar refractivity (Wildman–Crippen MR) is 117 cm³/mol. The minimum Gasteiger partial charge on any atom is -0.341 e. The quantitative estimate of drug-likeness (QED) is 0.366. The molecule has 2 N–H and O–H groups in total. The lowest BCUT2D eigenvalue weighted by atomic mass is 9.98. The molecule has 0 atom stereocenters. The van der Waals surface area contributed by atoms with Gasteiger partial charge in [0.2, 0.25) is 0 Å². The smallest absolute Gasteiger partial charge is 0.142 e. The Morgan fingerprint density at radius 2 is 1.36 bits per heavy atom. The van der Waals surface area contributed by atoms with Gasteiger partial charge < -0.3 is 4.57 Å². The molecule has 2 heterocycles. The molecule has 0 saturated carbocycles. The summed E-state index contributed by atoms with van der Waals surface area (Å²) in [5.41, 5.74) is 10.5. The second-order valence-corrected chi connectivity index (χ2v) is 7.53. The maximum absolute atomic E-state index is 2.41. The highest BCUT2D eigenvalue weighted by molar-refractivity contribution is 6.09. The van der Waals surface area contributed by atoms with Crippen LogP contribution in [0.5, 0.6) is 0 Å². The molecule has 0 unspecified atom stereocenters. The third-order valence-corrected chi connectivity index (χ3v) is 6.04. The highest BCUT2D eigenvalue weighted by atomic mass is 15.0. The first kappa shape index (κ1) is 15.7. The predicted octanol–water partition coefficient (Wildman–Crippen LogP) is 5.99. The van der Waals surface area contributed by atoms with Crippen molar-refractivity contribution in [2.24, 2.45) is 0 Å². The number of nitrogens with zero attached hydrogens (tertiary/aromatic N) is 1. The standard InChI is InChI=1S/C26H20N2/c1-2-28-25-10-6-4-8-20(25)22-16-18(12-14-26(22)28)17-11-13-24-21(15-17)19-7-3-5-9-23(19)27-24/h3-16,27H,2H2,1H3/p+1. The van der Waals surface area contributed by atoms with E-state index in [9.17, 15) is 0 Å². The van der Waals surface area contributed by atoms with Crippen LogP contribution in [0.2, 0.25) is 0 Å². The summed E-state index contributed by atoms with van der Waals surface area (Å²) in [5.74, 6) is 0. The van der Waals surface area contributed by atoms with E-state index in [0.29, 0.717) is 0 Å². The van der Waals surface area contributed by atoms with Crippen LogP contribution in [-0.2, 0) is 6.54 Å². The van der Waals surface area contributed by atoms with Gasteiger partial charge in [0.05, 0.1) is 0 Å². The van der Waals surface area contributed by atoms with Gasteiger partial charge in [-0.1, -0.05) is 36.4 Å². The number of quaternary nitrogens is 1. The second kappa shape index (κ2) is 5.82. The average Bonchev–Trinajstić information content (AvgIpc) is 3.28. The molecule has 1 aliphatic heterocycles. The van der Waals surface area contributed by atoms with E-state index in [1.165, 1.54) is 55.4 Å². The van der Waals surface area contributed by atoms with Gasteiger partial charge in [-0.25, -0.2) is 0 Å². The number of fused-ring (bicyclic) bond motifs is 6. The lowest BCUT2D eigenvalue weighted by Crippen LogP contribution is -2.69. The molecule has 6 rings (SSSR count). The van der Waals surface area contributed by atoms with Crippen LogP contribution in [0.4, 0.5) is 11.4 Å². The van der Waals surface area contributed by atoms with Crippen molar-refractivity contribution in [2.75, 3.05) is 0 Å². The number of aromatic nitrogens is 1. The average molecular weight is 361 g/mol. The third-order valence-electron chi connectivity index (χ3n) is 6.04. The highest BCUT2D eigenvalue weighted by Crippen LogP contribution is 2.39. The topological polar surface area (TPSA) is 21.5 Å². The number of nitrogens with two attached hydrogens (primary N) is 1. The molecule has 2 nitrogen and oxygen atoms in total. The summed E-state index contributed by atoms with van der Waals surface area (Å²) in [6, 6.07) is 31.1. The van der Waals surface area contributed by atoms with Crippen molar-refractivity contribution in [3.8, 4) is 22.3 Å². The SMILES string of the molecule is CCn1c2ccccc2c2cc(-c3ccc4c(c3)-c3ccccc3[NH2+]4)ccc21. The molecule has 0 aliphatic carbocycles. The first-order valence-electron chi connectivity index (χ1n) is 9.93. The zero-order chi connectivity index (χ0) is 18.7. The summed E-state index contributed by atoms with van der Waals surface area (Å²) < 4.78 is 2.41. The van der Waals surface area contributed by atoms with E-state index in [2.05, 4.69) is 102 Å². The molecule has 0 amide bonds. The van der Waals surface area contributed by atoms with Gasteiger partial charge in [0.25, 0.3) is 0 Å². The Labute approximate surface area is 164 Å². The zero-order valence-corrected chi connectivity index (χ0v) is 15.8. The van der Waals surface area contributed by atoms with Crippen molar-refractivity contribution in [3.63, 3.8) is 0 Å². The van der Waals surface area contributed by atoms with E-state index >= 15 is 0 Å². The molecule has 0 saturated heterocycles. The molecule has 0 spiro atoms. The summed E-state index contributed by atoms with van der Waals surface area (Å²) in [6.07, 6.45) is 0. The fourth-order valence-corrected chi connectivity index (χ4v) is 4.70. The molecule has 1 aliphatic rings. The van der Waals surface area contributed by atoms with Crippen molar-refractivity contribution in [1.82, 2.24) is 4.57 Å². The third kappa shape index (κ3) is 2.12. The van der Waals surface area contributed by atoms with Crippen LogP contribution in [0.1, 0.15) is 6.92 Å². The van der Waals surface area contributed by atoms with Crippen molar-refractivity contribution >= 4 is 33.2 Å². The lowest BCUT2D eigenvalue weighted by molar-refractivity contribution is -0.473. The van der Waals surface area contributed by atoms with Crippen molar-refractivity contribution in [3.05, 3.63) is 84.9 Å². The Kier molecular flexibility index (Phi) is 3.26. The van der Waals surface area contributed by atoms with E-state index in [1.54, 1.807) is 0 Å². The van der Waals surface area contributed by atoms with Crippen LogP contribution in [0.25, 0.3) is 44.1 Å². The van der Waals surface area contributed by atoms with Gasteiger partial charge in [0.15, 0.2) is 0 Å². The molecule has 0 radical (unpaired) electrons. The number of rotatable bonds is 2. The van der Waals surface area contributed by atoms with Gasteiger partial charge in [-0.05, 0) is 54.4 Å². The minimum atomic E-state index is 0.981. The number of hydrogen-bond acceptors (Lipinski definition) is 0. The molecule has 5 aromatic rings. The Hall–Kier alpha value is -3.36. The molecule has 2 heteroatoms. The Bertz CT molecular complexity index is 1370. The number of benzene rings is 4. The number of aryl methyl sites for hydroxylation is 1. The van der Waals surface area contributed by atoms with Gasteiger partial charge in [0.1, 0.15) is 11.4 Å². The first-order chi connectivity index (χ1) is 13.8. The zero-order valence-electron chi connectivity index (χ0n) is 15.8. The normalized spacial score (nSPS) is 12.5. The molecule has 0 fully saturated rings. The van der Waals surface area contributed by atoms with Crippen molar-refractivity contribution in [1.29, 1.82) is 0 Å². The van der Waals surface area contributed by atoms with Gasteiger partial charge in [-0.2, -0.15) is 0 Å². The van der Waals surface area contributed by atoms with E-state index in [-0.39, 0.29) is 0 Å². The van der Waals surface area contributed by atoms with Crippen LogP contribution in [0, 0.1) is 0 Å². The van der Waals surface area contributed by atoms with E-state index < -0.39 is 0 Å². The number of para-hydroxylation sites is 2. The van der Waals surface area contributed by atoms with Crippen LogP contribution in [0.3, 0.4) is 0 Å². The summed E-state index contributed by atoms with van der Waals surface area (Å²) in [5, 5.41) is 4.95. The monoisotopic (exact) mass is 361 g/mol. The molecular weight excluding hydrogens is 340 g/mol. The largest absolute Gasteiger partial charge is 0.341 e. The molecule has 0 bridgehead atoms. The molecule has 28 heavy (non-hydrogen) atoms. The van der Waals surface area contributed by atoms with Gasteiger partial charge in [0, 0.05) is 51.6 Å².